The van der Waals surface area contributed by atoms with E-state index in [1.54, 1.807) is 0 Å². The molecule has 0 aromatic carbocycles. The van der Waals surface area contributed by atoms with Crippen LogP contribution in [0.1, 0.15) is 46.2 Å². The summed E-state index contributed by atoms with van der Waals surface area (Å²) in [5.41, 5.74) is 0.0514. The largest absolute Gasteiger partial charge is 0.384 e. The maximum absolute atomic E-state index is 10.3. The Balaban J connectivity index is 2.83. The fourth-order valence-corrected chi connectivity index (χ4v) is 1.73. The molecule has 1 aromatic heterocycles. The molecule has 1 aromatic rings. The molecular formula is C12H22N2O. The van der Waals surface area contributed by atoms with Gasteiger partial charge in [-0.1, -0.05) is 27.7 Å². The molecule has 3 heteroatoms. The average Bonchev–Trinajstić information content (AvgIpc) is 2.64. The van der Waals surface area contributed by atoms with Crippen molar-refractivity contribution < 1.29 is 5.11 Å². The van der Waals surface area contributed by atoms with Crippen molar-refractivity contribution >= 4 is 0 Å². The van der Waals surface area contributed by atoms with Gasteiger partial charge in [0.05, 0.1) is 12.0 Å². The van der Waals surface area contributed by atoms with Gasteiger partial charge in [-0.15, -0.1) is 0 Å². The Kier molecular flexibility index (Phi) is 3.91. The molecule has 0 atom stereocenters. The lowest BCUT2D eigenvalue weighted by molar-refractivity contribution is 0.0243. The van der Waals surface area contributed by atoms with Crippen LogP contribution in [0.25, 0.3) is 0 Å². The van der Waals surface area contributed by atoms with Crippen molar-refractivity contribution in [2.24, 2.45) is 5.92 Å². The molecule has 1 rings (SSSR count). The highest BCUT2D eigenvalue weighted by atomic mass is 16.3. The molecule has 0 amide bonds. The van der Waals surface area contributed by atoms with Gasteiger partial charge in [-0.05, 0) is 18.8 Å². The summed E-state index contributed by atoms with van der Waals surface area (Å²) in [6.07, 6.45) is 5.20. The molecule has 0 radical (unpaired) electrons. The van der Waals surface area contributed by atoms with Gasteiger partial charge in [0.2, 0.25) is 0 Å². The molecule has 15 heavy (non-hydrogen) atoms. The SMILES string of the molecule is CCC(O)(CC)c1cn(CC(C)C)cn1. The number of hydrogen-bond donors (Lipinski definition) is 1. The molecular weight excluding hydrogens is 188 g/mol. The lowest BCUT2D eigenvalue weighted by Crippen LogP contribution is -2.23. The molecule has 0 saturated carbocycles. The molecule has 86 valence electrons. The minimum absolute atomic E-state index is 0.600. The molecule has 3 nitrogen and oxygen atoms in total. The van der Waals surface area contributed by atoms with Crippen molar-refractivity contribution in [3.8, 4) is 0 Å². The lowest BCUT2D eigenvalue weighted by Gasteiger charge is -2.22. The van der Waals surface area contributed by atoms with Gasteiger partial charge in [0.15, 0.2) is 0 Å². The van der Waals surface area contributed by atoms with Crippen LogP contribution >= 0.6 is 0 Å². The van der Waals surface area contributed by atoms with Crippen molar-refractivity contribution in [2.75, 3.05) is 0 Å². The molecule has 0 aliphatic heterocycles. The van der Waals surface area contributed by atoms with Gasteiger partial charge < -0.3 is 9.67 Å². The van der Waals surface area contributed by atoms with Crippen LogP contribution in [0.15, 0.2) is 12.5 Å². The van der Waals surface area contributed by atoms with Crippen LogP contribution in [-0.4, -0.2) is 14.7 Å². The minimum atomic E-state index is -0.748. The highest BCUT2D eigenvalue weighted by Crippen LogP contribution is 2.26. The first kappa shape index (κ1) is 12.2. The fourth-order valence-electron chi connectivity index (χ4n) is 1.73. The zero-order valence-corrected chi connectivity index (χ0v) is 10.2. The Morgan fingerprint density at radius 2 is 2.00 bits per heavy atom. The molecule has 0 saturated heterocycles. The first-order valence-corrected chi connectivity index (χ1v) is 5.76. The van der Waals surface area contributed by atoms with Crippen LogP contribution in [0.2, 0.25) is 0 Å². The second-order valence-corrected chi connectivity index (χ2v) is 4.59. The summed E-state index contributed by atoms with van der Waals surface area (Å²) in [6, 6.07) is 0. The predicted octanol–water partition coefficient (Wildman–Crippen LogP) is 2.55. The molecule has 0 unspecified atom stereocenters. The van der Waals surface area contributed by atoms with Crippen molar-refractivity contribution in [2.45, 2.75) is 52.7 Å². The predicted molar refractivity (Wildman–Crippen MR) is 61.5 cm³/mol. The van der Waals surface area contributed by atoms with E-state index in [2.05, 4.69) is 23.4 Å². The minimum Gasteiger partial charge on any atom is -0.384 e. The number of aliphatic hydroxyl groups is 1. The van der Waals surface area contributed by atoms with Crippen LogP contribution in [0.4, 0.5) is 0 Å². The van der Waals surface area contributed by atoms with E-state index in [0.717, 1.165) is 12.2 Å². The zero-order valence-electron chi connectivity index (χ0n) is 10.2. The maximum atomic E-state index is 10.3. The Morgan fingerprint density at radius 1 is 1.40 bits per heavy atom. The molecule has 1 heterocycles. The number of imidazole rings is 1. The summed E-state index contributed by atoms with van der Waals surface area (Å²) in [5, 5.41) is 10.3. The topological polar surface area (TPSA) is 38.0 Å². The molecule has 0 aliphatic carbocycles. The van der Waals surface area contributed by atoms with Crippen LogP contribution in [0.5, 0.6) is 0 Å². The van der Waals surface area contributed by atoms with Crippen LogP contribution < -0.4 is 0 Å². The van der Waals surface area contributed by atoms with E-state index in [4.69, 9.17) is 0 Å². The molecule has 0 bridgehead atoms. The van der Waals surface area contributed by atoms with E-state index in [9.17, 15) is 5.11 Å². The van der Waals surface area contributed by atoms with Gasteiger partial charge in [0.1, 0.15) is 5.60 Å². The Morgan fingerprint density at radius 3 is 2.47 bits per heavy atom. The van der Waals surface area contributed by atoms with Crippen LogP contribution in [0.3, 0.4) is 0 Å². The van der Waals surface area contributed by atoms with E-state index < -0.39 is 5.60 Å². The van der Waals surface area contributed by atoms with Gasteiger partial charge in [-0.2, -0.15) is 0 Å². The molecule has 1 N–H and O–H groups in total. The van der Waals surface area contributed by atoms with Gasteiger partial charge in [-0.3, -0.25) is 0 Å². The number of aromatic nitrogens is 2. The number of hydrogen-bond acceptors (Lipinski definition) is 2. The van der Waals surface area contributed by atoms with Crippen molar-refractivity contribution in [3.63, 3.8) is 0 Å². The monoisotopic (exact) mass is 210 g/mol. The van der Waals surface area contributed by atoms with E-state index in [0.29, 0.717) is 18.8 Å². The Bertz CT molecular complexity index is 300. The highest BCUT2D eigenvalue weighted by Gasteiger charge is 2.27. The normalized spacial score (nSPS) is 12.4. The summed E-state index contributed by atoms with van der Waals surface area (Å²) in [4.78, 5) is 4.30. The maximum Gasteiger partial charge on any atom is 0.108 e. The van der Waals surface area contributed by atoms with Crippen molar-refractivity contribution in [1.29, 1.82) is 0 Å². The highest BCUT2D eigenvalue weighted by molar-refractivity contribution is 5.08. The first-order chi connectivity index (χ1) is 7.01. The van der Waals surface area contributed by atoms with Gasteiger partial charge in [-0.25, -0.2) is 4.98 Å². The number of rotatable bonds is 5. The van der Waals surface area contributed by atoms with E-state index in [1.807, 2.05) is 26.4 Å². The summed E-state index contributed by atoms with van der Waals surface area (Å²) >= 11 is 0. The van der Waals surface area contributed by atoms with E-state index >= 15 is 0 Å². The lowest BCUT2D eigenvalue weighted by atomic mass is 9.94. The average molecular weight is 210 g/mol. The van der Waals surface area contributed by atoms with Crippen molar-refractivity contribution in [3.05, 3.63) is 18.2 Å². The smallest absolute Gasteiger partial charge is 0.108 e. The van der Waals surface area contributed by atoms with Crippen LogP contribution in [-0.2, 0) is 12.1 Å². The summed E-state index contributed by atoms with van der Waals surface area (Å²) in [5.74, 6) is 0.600. The quantitative estimate of drug-likeness (QED) is 0.811. The summed E-state index contributed by atoms with van der Waals surface area (Å²) in [6.45, 7) is 9.28. The third-order valence-corrected chi connectivity index (χ3v) is 2.86. The Labute approximate surface area is 92.1 Å². The number of nitrogens with zero attached hydrogens (tertiary/aromatic N) is 2. The van der Waals surface area contributed by atoms with E-state index in [-0.39, 0.29) is 0 Å². The third-order valence-electron chi connectivity index (χ3n) is 2.86. The standard InChI is InChI=1S/C12H22N2O/c1-5-12(15,6-2)11-8-14(9-13-11)7-10(3)4/h8-10,15H,5-7H2,1-4H3. The first-order valence-electron chi connectivity index (χ1n) is 5.76. The fraction of sp³-hybridized carbons (Fsp3) is 0.750. The second-order valence-electron chi connectivity index (χ2n) is 4.59. The van der Waals surface area contributed by atoms with Gasteiger partial charge in [0, 0.05) is 12.7 Å². The summed E-state index contributed by atoms with van der Waals surface area (Å²) < 4.78 is 2.05. The van der Waals surface area contributed by atoms with E-state index in [1.165, 1.54) is 0 Å². The van der Waals surface area contributed by atoms with Crippen molar-refractivity contribution in [1.82, 2.24) is 9.55 Å². The summed E-state index contributed by atoms with van der Waals surface area (Å²) in [7, 11) is 0. The Hall–Kier alpha value is -0.830. The zero-order chi connectivity index (χ0) is 11.5. The molecule has 0 fully saturated rings. The van der Waals surface area contributed by atoms with Gasteiger partial charge in [0.25, 0.3) is 0 Å². The second kappa shape index (κ2) is 4.79. The van der Waals surface area contributed by atoms with Crippen LogP contribution in [0, 0.1) is 5.92 Å². The van der Waals surface area contributed by atoms with Gasteiger partial charge >= 0.3 is 0 Å². The molecule has 0 aliphatic rings. The third kappa shape index (κ3) is 2.81. The molecule has 0 spiro atoms.